The Kier molecular flexibility index (Phi) is 21.4. The number of unbranched alkanes of at least 4 members (excludes halogenated alkanes) is 11. The first kappa shape index (κ1) is 38.8. The zero-order valence-corrected chi connectivity index (χ0v) is 28.5. The van der Waals surface area contributed by atoms with Gasteiger partial charge in [0.25, 0.3) is 0 Å². The minimum Gasteiger partial charge on any atom is -0.494 e. The molecule has 1 aromatic carbocycles. The number of ketones is 1. The average Bonchev–Trinajstić information content (AvgIpc) is 2.97. The number of carbonyl (C=O) groups is 1. The molecule has 1 rings (SSSR count). The average molecular weight is 613 g/mol. The molecule has 244 valence electrons. The van der Waals surface area contributed by atoms with Gasteiger partial charge in [0.05, 0.1) is 47.0 Å². The molecule has 0 heterocycles. The number of nitrogens with zero attached hydrogens (tertiary/aromatic N) is 1. The van der Waals surface area contributed by atoms with Crippen molar-refractivity contribution in [3.63, 3.8) is 0 Å². The maximum absolute atomic E-state index is 12.4. The zero-order chi connectivity index (χ0) is 31.1. The summed E-state index contributed by atoms with van der Waals surface area (Å²) in [7, 11) is 0.0550. The number of benzene rings is 1. The fourth-order valence-electron chi connectivity index (χ4n) is 4.91. The van der Waals surface area contributed by atoms with Crippen LogP contribution in [0.1, 0.15) is 123 Å². The monoisotopic (exact) mass is 612 g/mol. The summed E-state index contributed by atoms with van der Waals surface area (Å²) in [5.74, 6) is 0.752. The first-order valence-electron chi connectivity index (χ1n) is 16.8. The lowest BCUT2D eigenvalue weighted by Gasteiger charge is -2.28. The second kappa shape index (κ2) is 23.2. The van der Waals surface area contributed by atoms with Crippen LogP contribution in [0.5, 0.6) is 5.75 Å². The third kappa shape index (κ3) is 20.6. The van der Waals surface area contributed by atoms with Crippen molar-refractivity contribution >= 4 is 13.6 Å². The number of phosphoric ester groups is 1. The highest BCUT2D eigenvalue weighted by atomic mass is 31.2. The first-order chi connectivity index (χ1) is 20.1. The predicted octanol–water partition coefficient (Wildman–Crippen LogP) is 8.91. The Bertz CT molecular complexity index is 860. The number of quaternary nitrogens is 1. The Morgan fingerprint density at radius 2 is 1.38 bits per heavy atom. The molecule has 2 unspecified atom stereocenters. The smallest absolute Gasteiger partial charge is 0.472 e. The molecule has 7 nitrogen and oxygen atoms in total. The van der Waals surface area contributed by atoms with Crippen LogP contribution in [0.25, 0.3) is 0 Å². The van der Waals surface area contributed by atoms with Gasteiger partial charge in [-0.15, -0.1) is 0 Å². The highest BCUT2D eigenvalue weighted by Gasteiger charge is 2.25. The number of hydrogen-bond acceptors (Lipinski definition) is 5. The van der Waals surface area contributed by atoms with Crippen molar-refractivity contribution in [1.29, 1.82) is 0 Å². The molecular formula is C34H63NO6P+. The van der Waals surface area contributed by atoms with Crippen LogP contribution in [0.15, 0.2) is 24.3 Å². The molecule has 0 aliphatic carbocycles. The van der Waals surface area contributed by atoms with E-state index < -0.39 is 7.82 Å². The fraction of sp³-hybridized carbons (Fsp3) is 0.794. The number of Topliss-reactive ketones (excluding diaryl/α,β-unsaturated/α-hetero) is 1. The number of hydrogen-bond donors (Lipinski definition) is 1. The van der Waals surface area contributed by atoms with Crippen LogP contribution in [0.3, 0.4) is 0 Å². The Hall–Kier alpha value is -1.24. The van der Waals surface area contributed by atoms with E-state index in [9.17, 15) is 14.3 Å². The molecule has 0 amide bonds. The van der Waals surface area contributed by atoms with Crippen molar-refractivity contribution in [3.8, 4) is 5.75 Å². The van der Waals surface area contributed by atoms with Gasteiger partial charge in [0.1, 0.15) is 11.5 Å². The van der Waals surface area contributed by atoms with Crippen molar-refractivity contribution in [3.05, 3.63) is 29.8 Å². The Balaban J connectivity index is 2.34. The van der Waals surface area contributed by atoms with E-state index in [0.29, 0.717) is 25.7 Å². The maximum Gasteiger partial charge on any atom is 0.472 e. The second-order valence-electron chi connectivity index (χ2n) is 12.5. The quantitative estimate of drug-likeness (QED) is 0.0578. The van der Waals surface area contributed by atoms with E-state index in [-0.39, 0.29) is 24.9 Å². The summed E-state index contributed by atoms with van der Waals surface area (Å²) in [5.41, 5.74) is 1.04. The van der Waals surface area contributed by atoms with Crippen molar-refractivity contribution < 1.29 is 32.5 Å². The molecule has 1 aromatic rings. The molecule has 2 atom stereocenters. The highest BCUT2D eigenvalue weighted by molar-refractivity contribution is 7.47. The SMILES string of the molecule is CCCCCCCCCCCCCCOc1ccc(CC(COP(=O)(O)OCCC[N+](C)(C)CC)CC(=O)CC)cc1. The van der Waals surface area contributed by atoms with E-state index in [1.165, 1.54) is 70.6 Å². The number of phosphoric acid groups is 1. The third-order valence-electron chi connectivity index (χ3n) is 8.12. The van der Waals surface area contributed by atoms with E-state index >= 15 is 0 Å². The Labute approximate surface area is 257 Å². The molecule has 0 aliphatic heterocycles. The van der Waals surface area contributed by atoms with Gasteiger partial charge in [0.15, 0.2) is 0 Å². The molecule has 0 spiro atoms. The van der Waals surface area contributed by atoms with E-state index in [0.717, 1.165) is 41.9 Å². The van der Waals surface area contributed by atoms with Gasteiger partial charge < -0.3 is 14.1 Å². The highest BCUT2D eigenvalue weighted by Crippen LogP contribution is 2.44. The molecule has 0 aromatic heterocycles. The molecule has 1 N–H and O–H groups in total. The number of ether oxygens (including phenoxy) is 1. The fourth-order valence-corrected chi connectivity index (χ4v) is 5.75. The van der Waals surface area contributed by atoms with E-state index in [4.69, 9.17) is 13.8 Å². The molecule has 0 saturated carbocycles. The summed E-state index contributed by atoms with van der Waals surface area (Å²) < 4.78 is 29.7. The summed E-state index contributed by atoms with van der Waals surface area (Å²) in [4.78, 5) is 22.4. The van der Waals surface area contributed by atoms with Crippen molar-refractivity contribution in [2.45, 2.75) is 124 Å². The molecule has 0 radical (unpaired) electrons. The summed E-state index contributed by atoms with van der Waals surface area (Å²) in [6.45, 7) is 8.92. The van der Waals surface area contributed by atoms with Crippen LogP contribution in [0.2, 0.25) is 0 Å². The topological polar surface area (TPSA) is 82.1 Å². The van der Waals surface area contributed by atoms with Gasteiger partial charge in [-0.1, -0.05) is 96.6 Å². The molecule has 0 fully saturated rings. The van der Waals surface area contributed by atoms with Gasteiger partial charge in [-0.25, -0.2) is 4.57 Å². The van der Waals surface area contributed by atoms with Crippen LogP contribution in [0.4, 0.5) is 0 Å². The van der Waals surface area contributed by atoms with E-state index in [1.807, 2.05) is 31.2 Å². The lowest BCUT2D eigenvalue weighted by molar-refractivity contribution is -0.888. The molecular weight excluding hydrogens is 549 g/mol. The third-order valence-corrected chi connectivity index (χ3v) is 9.10. The molecule has 8 heteroatoms. The van der Waals surface area contributed by atoms with Crippen LogP contribution in [-0.2, 0) is 24.8 Å². The van der Waals surface area contributed by atoms with Gasteiger partial charge in [-0.3, -0.25) is 13.8 Å². The van der Waals surface area contributed by atoms with Gasteiger partial charge in [0.2, 0.25) is 0 Å². The summed E-state index contributed by atoms with van der Waals surface area (Å²) in [5, 5.41) is 0. The summed E-state index contributed by atoms with van der Waals surface area (Å²) in [6, 6.07) is 7.94. The summed E-state index contributed by atoms with van der Waals surface area (Å²) >= 11 is 0. The Morgan fingerprint density at radius 3 is 1.93 bits per heavy atom. The van der Waals surface area contributed by atoms with Crippen LogP contribution in [0, 0.1) is 5.92 Å². The van der Waals surface area contributed by atoms with E-state index in [2.05, 4.69) is 27.9 Å². The minimum absolute atomic E-state index is 0.00670. The van der Waals surface area contributed by atoms with Crippen molar-refractivity contribution in [2.75, 3.05) is 47.0 Å². The largest absolute Gasteiger partial charge is 0.494 e. The lowest BCUT2D eigenvalue weighted by atomic mass is 9.94. The molecule has 0 saturated heterocycles. The van der Waals surface area contributed by atoms with Gasteiger partial charge >= 0.3 is 7.82 Å². The molecule has 0 bridgehead atoms. The lowest BCUT2D eigenvalue weighted by Crippen LogP contribution is -2.40. The molecule has 0 aliphatic rings. The normalized spacial score (nSPS) is 14.0. The molecule has 42 heavy (non-hydrogen) atoms. The minimum atomic E-state index is -4.17. The van der Waals surface area contributed by atoms with Gasteiger partial charge in [-0.05, 0) is 43.4 Å². The zero-order valence-electron chi connectivity index (χ0n) is 27.6. The van der Waals surface area contributed by atoms with E-state index in [1.54, 1.807) is 0 Å². The predicted molar refractivity (Wildman–Crippen MR) is 174 cm³/mol. The number of carbonyl (C=O) groups excluding carboxylic acids is 1. The summed E-state index contributed by atoms with van der Waals surface area (Å²) in [6.07, 6.45) is 17.9. The van der Waals surface area contributed by atoms with Gasteiger partial charge in [0, 0.05) is 19.3 Å². The standard InChI is InChI=1S/C34H62NO6P/c1-6-9-10-11-12-13-14-15-16-17-18-19-26-39-34-23-21-31(22-24-34)28-32(29-33(36)7-2)30-41-42(37,38)40-27-20-25-35(4,5)8-3/h21-24,32H,6-20,25-30H2,1-5H3/p+1. The van der Waals surface area contributed by atoms with Gasteiger partial charge in [-0.2, -0.15) is 0 Å². The van der Waals surface area contributed by atoms with Crippen molar-refractivity contribution in [2.24, 2.45) is 5.92 Å². The first-order valence-corrected chi connectivity index (χ1v) is 18.3. The van der Waals surface area contributed by atoms with Crippen LogP contribution in [-0.4, -0.2) is 62.2 Å². The van der Waals surface area contributed by atoms with Crippen molar-refractivity contribution in [1.82, 2.24) is 0 Å². The van der Waals surface area contributed by atoms with Crippen LogP contribution < -0.4 is 4.74 Å². The van der Waals surface area contributed by atoms with Crippen LogP contribution >= 0.6 is 7.82 Å². The second-order valence-corrected chi connectivity index (χ2v) is 13.9. The Morgan fingerprint density at radius 1 is 0.810 bits per heavy atom. The number of rotatable bonds is 28. The maximum atomic E-state index is 12.4.